The van der Waals surface area contributed by atoms with E-state index in [-0.39, 0.29) is 6.42 Å². The third-order valence-corrected chi connectivity index (χ3v) is 2.12. The van der Waals surface area contributed by atoms with Crippen molar-refractivity contribution in [3.63, 3.8) is 0 Å². The van der Waals surface area contributed by atoms with Crippen LogP contribution >= 0.6 is 0 Å². The second-order valence-corrected chi connectivity index (χ2v) is 3.59. The van der Waals surface area contributed by atoms with Gasteiger partial charge in [-0.1, -0.05) is 6.92 Å². The van der Waals surface area contributed by atoms with Crippen LogP contribution in [-0.2, 0) is 17.8 Å². The van der Waals surface area contributed by atoms with E-state index in [1.165, 1.54) is 0 Å². The minimum atomic E-state index is -0.902. The molecule has 0 aliphatic carbocycles. The Hall–Kier alpha value is -1.59. The summed E-state index contributed by atoms with van der Waals surface area (Å²) >= 11 is 0. The predicted octanol–water partition coefficient (Wildman–Crippen LogP) is -0.0332. The molecule has 6 nitrogen and oxygen atoms in total. The maximum absolute atomic E-state index is 10.4. The average molecular weight is 196 g/mol. The molecule has 14 heavy (non-hydrogen) atoms. The van der Waals surface area contributed by atoms with Crippen LogP contribution in [-0.4, -0.2) is 32.4 Å². The standard InChI is InChI=1S/C8H12N4O2/c1-5-3-9-8-10-6(2-7(13)14)11-12(8)4-5/h5H,2-4H2,1H3,(H,13,14)(H,9,10,11). The van der Waals surface area contributed by atoms with Crippen molar-refractivity contribution in [2.45, 2.75) is 19.9 Å². The zero-order chi connectivity index (χ0) is 10.1. The number of fused-ring (bicyclic) bond motifs is 1. The summed E-state index contributed by atoms with van der Waals surface area (Å²) in [6, 6.07) is 0. The van der Waals surface area contributed by atoms with Crippen molar-refractivity contribution >= 4 is 11.9 Å². The predicted molar refractivity (Wildman–Crippen MR) is 49.0 cm³/mol. The van der Waals surface area contributed by atoms with Gasteiger partial charge in [0.2, 0.25) is 5.95 Å². The lowest BCUT2D eigenvalue weighted by molar-refractivity contribution is -0.136. The zero-order valence-corrected chi connectivity index (χ0v) is 7.90. The molecule has 0 bridgehead atoms. The van der Waals surface area contributed by atoms with Crippen molar-refractivity contribution in [3.8, 4) is 0 Å². The Morgan fingerprint density at radius 2 is 2.57 bits per heavy atom. The highest BCUT2D eigenvalue weighted by atomic mass is 16.4. The van der Waals surface area contributed by atoms with Gasteiger partial charge in [-0.3, -0.25) is 4.79 Å². The number of hydrogen-bond acceptors (Lipinski definition) is 4. The van der Waals surface area contributed by atoms with E-state index in [1.54, 1.807) is 4.68 Å². The summed E-state index contributed by atoms with van der Waals surface area (Å²) in [7, 11) is 0. The van der Waals surface area contributed by atoms with Gasteiger partial charge < -0.3 is 10.4 Å². The molecule has 0 radical (unpaired) electrons. The summed E-state index contributed by atoms with van der Waals surface area (Å²) in [6.45, 7) is 3.77. The first-order valence-corrected chi connectivity index (χ1v) is 4.54. The second-order valence-electron chi connectivity index (χ2n) is 3.59. The van der Waals surface area contributed by atoms with Crippen molar-refractivity contribution in [1.82, 2.24) is 14.8 Å². The van der Waals surface area contributed by atoms with E-state index in [1.807, 2.05) is 0 Å². The fourth-order valence-corrected chi connectivity index (χ4v) is 1.48. The van der Waals surface area contributed by atoms with Crippen LogP contribution in [0.2, 0.25) is 0 Å². The summed E-state index contributed by atoms with van der Waals surface area (Å²) in [6.07, 6.45) is -0.115. The highest BCUT2D eigenvalue weighted by molar-refractivity contribution is 5.69. The van der Waals surface area contributed by atoms with E-state index in [9.17, 15) is 4.79 Å². The number of nitrogens with zero attached hydrogens (tertiary/aromatic N) is 3. The lowest BCUT2D eigenvalue weighted by Gasteiger charge is -2.19. The Bertz CT molecular complexity index is 360. The third kappa shape index (κ3) is 1.68. The van der Waals surface area contributed by atoms with Gasteiger partial charge in [0.1, 0.15) is 6.42 Å². The molecule has 0 fully saturated rings. The van der Waals surface area contributed by atoms with E-state index in [2.05, 4.69) is 22.3 Å². The maximum atomic E-state index is 10.4. The van der Waals surface area contributed by atoms with Gasteiger partial charge >= 0.3 is 5.97 Å². The Labute approximate surface area is 80.9 Å². The molecular weight excluding hydrogens is 184 g/mol. The first kappa shape index (κ1) is 8.98. The van der Waals surface area contributed by atoms with E-state index in [0.29, 0.717) is 17.7 Å². The molecule has 1 unspecified atom stereocenters. The topological polar surface area (TPSA) is 80.0 Å². The summed E-state index contributed by atoms with van der Waals surface area (Å²) in [5.74, 6) is 0.649. The first-order chi connectivity index (χ1) is 6.65. The minimum Gasteiger partial charge on any atom is -0.481 e. The largest absolute Gasteiger partial charge is 0.481 e. The fourth-order valence-electron chi connectivity index (χ4n) is 1.48. The van der Waals surface area contributed by atoms with Crippen LogP contribution in [0.25, 0.3) is 0 Å². The van der Waals surface area contributed by atoms with E-state index >= 15 is 0 Å². The number of hydrogen-bond donors (Lipinski definition) is 2. The number of aromatic nitrogens is 3. The van der Waals surface area contributed by atoms with Gasteiger partial charge in [-0.05, 0) is 5.92 Å². The molecule has 1 aromatic rings. The highest BCUT2D eigenvalue weighted by Gasteiger charge is 2.18. The molecule has 76 valence electrons. The van der Waals surface area contributed by atoms with Crippen LogP contribution < -0.4 is 5.32 Å². The fraction of sp³-hybridized carbons (Fsp3) is 0.625. The summed E-state index contributed by atoms with van der Waals surface area (Å²) < 4.78 is 1.73. The van der Waals surface area contributed by atoms with Crippen molar-refractivity contribution in [1.29, 1.82) is 0 Å². The van der Waals surface area contributed by atoms with Crippen LogP contribution in [0.5, 0.6) is 0 Å². The molecule has 1 aliphatic heterocycles. The molecular formula is C8H12N4O2. The van der Waals surface area contributed by atoms with Gasteiger partial charge in [-0.25, -0.2) is 4.68 Å². The Kier molecular flexibility index (Phi) is 2.11. The summed E-state index contributed by atoms with van der Waals surface area (Å²) in [5, 5.41) is 15.8. The molecule has 2 heterocycles. The molecule has 1 atom stereocenters. The van der Waals surface area contributed by atoms with Crippen molar-refractivity contribution in [2.75, 3.05) is 11.9 Å². The average Bonchev–Trinajstić information content (AvgIpc) is 2.44. The number of carboxylic acid groups (broad SMARTS) is 1. The second kappa shape index (κ2) is 3.28. The number of carboxylic acids is 1. The molecule has 1 aromatic heterocycles. The van der Waals surface area contributed by atoms with Gasteiger partial charge in [0, 0.05) is 13.1 Å². The van der Waals surface area contributed by atoms with Crippen molar-refractivity contribution < 1.29 is 9.90 Å². The van der Waals surface area contributed by atoms with Crippen LogP contribution in [0.1, 0.15) is 12.7 Å². The van der Waals surface area contributed by atoms with Crippen LogP contribution in [0.4, 0.5) is 5.95 Å². The Morgan fingerprint density at radius 3 is 3.29 bits per heavy atom. The molecule has 2 N–H and O–H groups in total. The number of carbonyl (C=O) groups is 1. The monoisotopic (exact) mass is 196 g/mol. The summed E-state index contributed by atoms with van der Waals surface area (Å²) in [5.41, 5.74) is 0. The molecule has 0 amide bonds. The molecule has 0 spiro atoms. The number of rotatable bonds is 2. The van der Waals surface area contributed by atoms with E-state index < -0.39 is 5.97 Å². The zero-order valence-electron chi connectivity index (χ0n) is 7.90. The van der Waals surface area contributed by atoms with Gasteiger partial charge in [-0.2, -0.15) is 10.1 Å². The molecule has 0 aromatic carbocycles. The maximum Gasteiger partial charge on any atom is 0.311 e. The highest BCUT2D eigenvalue weighted by Crippen LogP contribution is 2.14. The molecule has 2 rings (SSSR count). The smallest absolute Gasteiger partial charge is 0.311 e. The molecule has 0 saturated carbocycles. The van der Waals surface area contributed by atoms with Crippen molar-refractivity contribution in [3.05, 3.63) is 5.82 Å². The molecule has 1 aliphatic rings. The first-order valence-electron chi connectivity index (χ1n) is 4.54. The lowest BCUT2D eigenvalue weighted by atomic mass is 10.1. The van der Waals surface area contributed by atoms with Crippen LogP contribution in [0.3, 0.4) is 0 Å². The van der Waals surface area contributed by atoms with Gasteiger partial charge in [0.15, 0.2) is 5.82 Å². The van der Waals surface area contributed by atoms with Gasteiger partial charge in [-0.15, -0.1) is 0 Å². The van der Waals surface area contributed by atoms with Crippen molar-refractivity contribution in [2.24, 2.45) is 5.92 Å². The van der Waals surface area contributed by atoms with Crippen LogP contribution in [0.15, 0.2) is 0 Å². The third-order valence-electron chi connectivity index (χ3n) is 2.12. The number of aliphatic carboxylic acids is 1. The van der Waals surface area contributed by atoms with Gasteiger partial charge in [0.25, 0.3) is 0 Å². The Balaban J connectivity index is 2.19. The summed E-state index contributed by atoms with van der Waals surface area (Å²) in [4.78, 5) is 14.5. The quantitative estimate of drug-likeness (QED) is 0.694. The van der Waals surface area contributed by atoms with E-state index in [0.717, 1.165) is 13.1 Å². The number of anilines is 1. The SMILES string of the molecule is CC1CNc2nc(CC(=O)O)nn2C1. The van der Waals surface area contributed by atoms with Crippen LogP contribution in [0, 0.1) is 5.92 Å². The molecule has 6 heteroatoms. The van der Waals surface area contributed by atoms with Gasteiger partial charge in [0.05, 0.1) is 0 Å². The lowest BCUT2D eigenvalue weighted by Crippen LogP contribution is -2.25. The molecule has 0 saturated heterocycles. The minimum absolute atomic E-state index is 0.115. The number of nitrogens with one attached hydrogen (secondary N) is 1. The Morgan fingerprint density at radius 1 is 1.79 bits per heavy atom. The normalized spacial score (nSPS) is 19.9. The van der Waals surface area contributed by atoms with E-state index in [4.69, 9.17) is 5.11 Å².